The predicted molar refractivity (Wildman–Crippen MR) is 145 cm³/mol. The lowest BCUT2D eigenvalue weighted by atomic mass is 10.0. The number of H-pyrrole nitrogens is 1. The Bertz CT molecular complexity index is 1410. The lowest BCUT2D eigenvalue weighted by Crippen LogP contribution is -2.45. The lowest BCUT2D eigenvalue weighted by Gasteiger charge is -2.21. The highest BCUT2D eigenvalue weighted by Crippen LogP contribution is 2.21. The van der Waals surface area contributed by atoms with Gasteiger partial charge in [0.05, 0.1) is 10.6 Å². The molecule has 0 unspecified atom stereocenters. The maximum absolute atomic E-state index is 13.2. The van der Waals surface area contributed by atoms with Gasteiger partial charge in [0.15, 0.2) is 6.10 Å². The van der Waals surface area contributed by atoms with Gasteiger partial charge >= 0.3 is 5.97 Å². The molecule has 2 amide bonds. The second-order valence-corrected chi connectivity index (χ2v) is 9.10. The van der Waals surface area contributed by atoms with Crippen molar-refractivity contribution in [1.82, 2.24) is 10.3 Å². The van der Waals surface area contributed by atoms with Crippen LogP contribution in [0.1, 0.15) is 35.3 Å². The van der Waals surface area contributed by atoms with E-state index in [-0.39, 0.29) is 17.0 Å². The Hall–Kier alpha value is -4.10. The fraction of sp³-hybridized carbons (Fsp3) is 0.207. The predicted octanol–water partition coefficient (Wildman–Crippen LogP) is 5.30. The van der Waals surface area contributed by atoms with Crippen molar-refractivity contribution < 1.29 is 19.1 Å². The highest BCUT2D eigenvalue weighted by atomic mass is 35.5. The van der Waals surface area contributed by atoms with E-state index in [9.17, 15) is 14.4 Å². The standard InChI is InChI=1S/C29H28ClN3O4/c1-3-19-12-14-21(15-13-19)32-27(34)18(2)37-29(36)26(33-28(35)23-9-4-6-10-24(23)30)16-20-17-31-25-11-7-5-8-22(20)25/h4-15,17-18,26,31H,3,16H2,1-2H3,(H,32,34)(H,33,35)/t18-,26-/m1/s1. The minimum atomic E-state index is -1.08. The molecule has 190 valence electrons. The van der Waals surface area contributed by atoms with Crippen molar-refractivity contribution >= 4 is 46.0 Å². The van der Waals surface area contributed by atoms with Crippen molar-refractivity contribution in [1.29, 1.82) is 0 Å². The molecule has 1 aromatic heterocycles. The Morgan fingerprint density at radius 2 is 1.68 bits per heavy atom. The molecule has 2 atom stereocenters. The number of hydrogen-bond acceptors (Lipinski definition) is 4. The molecule has 0 aliphatic carbocycles. The van der Waals surface area contributed by atoms with Crippen LogP contribution in [0.15, 0.2) is 79.0 Å². The molecule has 0 saturated heterocycles. The molecule has 4 aromatic rings. The molecule has 0 bridgehead atoms. The van der Waals surface area contributed by atoms with E-state index in [1.165, 1.54) is 6.92 Å². The summed E-state index contributed by atoms with van der Waals surface area (Å²) < 4.78 is 5.51. The normalized spacial score (nSPS) is 12.5. The number of aromatic nitrogens is 1. The number of hydrogen-bond donors (Lipinski definition) is 3. The fourth-order valence-corrected chi connectivity index (χ4v) is 4.19. The molecule has 4 rings (SSSR count). The van der Waals surface area contributed by atoms with E-state index >= 15 is 0 Å². The van der Waals surface area contributed by atoms with Crippen LogP contribution in [0.5, 0.6) is 0 Å². The number of rotatable bonds is 9. The number of nitrogens with one attached hydrogen (secondary N) is 3. The van der Waals surface area contributed by atoms with Gasteiger partial charge in [0.25, 0.3) is 11.8 Å². The quantitative estimate of drug-likeness (QED) is 0.262. The number of carbonyl (C=O) groups is 3. The average molecular weight is 518 g/mol. The number of fused-ring (bicyclic) bond motifs is 1. The Kier molecular flexibility index (Phi) is 8.25. The molecular weight excluding hydrogens is 490 g/mol. The third kappa shape index (κ3) is 6.37. The third-order valence-electron chi connectivity index (χ3n) is 6.10. The van der Waals surface area contributed by atoms with Crippen molar-refractivity contribution in [2.45, 2.75) is 38.8 Å². The first kappa shape index (κ1) is 26.0. The van der Waals surface area contributed by atoms with Crippen molar-refractivity contribution in [2.24, 2.45) is 0 Å². The number of halogens is 1. The zero-order valence-electron chi connectivity index (χ0n) is 20.6. The number of anilines is 1. The van der Waals surface area contributed by atoms with Crippen LogP contribution >= 0.6 is 11.6 Å². The maximum atomic E-state index is 13.2. The monoisotopic (exact) mass is 517 g/mol. The molecule has 0 saturated carbocycles. The molecule has 8 heteroatoms. The summed E-state index contributed by atoms with van der Waals surface area (Å²) in [6.07, 6.45) is 1.76. The zero-order chi connectivity index (χ0) is 26.4. The number of para-hydroxylation sites is 1. The SMILES string of the molecule is CCc1ccc(NC(=O)[C@@H](C)OC(=O)[C@@H](Cc2c[nH]c3ccccc23)NC(=O)c2ccccc2Cl)cc1. The number of amides is 2. The first-order chi connectivity index (χ1) is 17.9. The van der Waals surface area contributed by atoms with Gasteiger partial charge in [0, 0.05) is 29.2 Å². The van der Waals surface area contributed by atoms with E-state index in [0.29, 0.717) is 5.69 Å². The molecular formula is C29H28ClN3O4. The van der Waals surface area contributed by atoms with Crippen LogP contribution in [0.25, 0.3) is 10.9 Å². The van der Waals surface area contributed by atoms with Gasteiger partial charge in [-0.3, -0.25) is 9.59 Å². The molecule has 3 aromatic carbocycles. The smallest absolute Gasteiger partial charge is 0.329 e. The highest BCUT2D eigenvalue weighted by molar-refractivity contribution is 6.33. The van der Waals surface area contributed by atoms with Gasteiger partial charge in [0.1, 0.15) is 6.04 Å². The second-order valence-electron chi connectivity index (χ2n) is 8.69. The Morgan fingerprint density at radius 3 is 2.41 bits per heavy atom. The molecule has 37 heavy (non-hydrogen) atoms. The van der Waals surface area contributed by atoms with Gasteiger partial charge in [-0.05, 0) is 54.8 Å². The topological polar surface area (TPSA) is 100 Å². The highest BCUT2D eigenvalue weighted by Gasteiger charge is 2.28. The second kappa shape index (κ2) is 11.8. The van der Waals surface area contributed by atoms with Crippen LogP contribution in [0, 0.1) is 0 Å². The molecule has 0 spiro atoms. The molecule has 1 heterocycles. The van der Waals surface area contributed by atoms with Gasteiger partial charge in [-0.1, -0.05) is 61.0 Å². The van der Waals surface area contributed by atoms with Crippen LogP contribution in [-0.4, -0.2) is 34.9 Å². The van der Waals surface area contributed by atoms with Crippen LogP contribution in [0.4, 0.5) is 5.69 Å². The lowest BCUT2D eigenvalue weighted by molar-refractivity contribution is -0.155. The van der Waals surface area contributed by atoms with Gasteiger partial charge in [-0.2, -0.15) is 0 Å². The number of esters is 1. The van der Waals surface area contributed by atoms with E-state index in [1.807, 2.05) is 43.3 Å². The van der Waals surface area contributed by atoms with E-state index in [4.69, 9.17) is 16.3 Å². The molecule has 3 N–H and O–H groups in total. The molecule has 0 radical (unpaired) electrons. The molecule has 0 aliphatic heterocycles. The van der Waals surface area contributed by atoms with Crippen molar-refractivity contribution in [3.63, 3.8) is 0 Å². The Labute approximate surface area is 220 Å². The summed E-state index contributed by atoms with van der Waals surface area (Å²) >= 11 is 6.19. The van der Waals surface area contributed by atoms with Gasteiger partial charge in [-0.15, -0.1) is 0 Å². The maximum Gasteiger partial charge on any atom is 0.329 e. The summed E-state index contributed by atoms with van der Waals surface area (Å²) in [5.41, 5.74) is 3.72. The van der Waals surface area contributed by atoms with E-state index in [0.717, 1.165) is 28.5 Å². The zero-order valence-corrected chi connectivity index (χ0v) is 21.3. The number of aromatic amines is 1. The Balaban J connectivity index is 1.50. The molecule has 7 nitrogen and oxygen atoms in total. The summed E-state index contributed by atoms with van der Waals surface area (Å²) in [5.74, 6) is -1.71. The van der Waals surface area contributed by atoms with E-state index in [2.05, 4.69) is 15.6 Å². The van der Waals surface area contributed by atoms with Gasteiger partial charge < -0.3 is 20.4 Å². The summed E-state index contributed by atoms with van der Waals surface area (Å²) in [6, 6.07) is 20.6. The van der Waals surface area contributed by atoms with Gasteiger partial charge in [0.2, 0.25) is 0 Å². The van der Waals surface area contributed by atoms with Gasteiger partial charge in [-0.25, -0.2) is 4.79 Å². The Morgan fingerprint density at radius 1 is 0.973 bits per heavy atom. The molecule has 0 fully saturated rings. The minimum Gasteiger partial charge on any atom is -0.451 e. The number of ether oxygens (including phenoxy) is 1. The fourth-order valence-electron chi connectivity index (χ4n) is 3.97. The summed E-state index contributed by atoms with van der Waals surface area (Å²) in [7, 11) is 0. The van der Waals surface area contributed by atoms with Crippen LogP contribution in [0.3, 0.4) is 0 Å². The van der Waals surface area contributed by atoms with Crippen LogP contribution < -0.4 is 10.6 Å². The largest absolute Gasteiger partial charge is 0.451 e. The first-order valence-corrected chi connectivity index (χ1v) is 12.4. The summed E-state index contributed by atoms with van der Waals surface area (Å²) in [4.78, 5) is 42.1. The van der Waals surface area contributed by atoms with E-state index in [1.54, 1.807) is 42.6 Å². The van der Waals surface area contributed by atoms with E-state index < -0.39 is 29.9 Å². The summed E-state index contributed by atoms with van der Waals surface area (Å²) in [5, 5.41) is 6.68. The average Bonchev–Trinajstić information content (AvgIpc) is 3.31. The van der Waals surface area contributed by atoms with Crippen LogP contribution in [0.2, 0.25) is 5.02 Å². The number of carbonyl (C=O) groups excluding carboxylic acids is 3. The van der Waals surface area contributed by atoms with Crippen molar-refractivity contribution in [3.8, 4) is 0 Å². The van der Waals surface area contributed by atoms with Crippen molar-refractivity contribution in [2.75, 3.05) is 5.32 Å². The van der Waals surface area contributed by atoms with Crippen LogP contribution in [-0.2, 0) is 27.2 Å². The first-order valence-electron chi connectivity index (χ1n) is 12.1. The third-order valence-corrected chi connectivity index (χ3v) is 6.43. The number of benzene rings is 3. The van der Waals surface area contributed by atoms with Crippen molar-refractivity contribution in [3.05, 3.63) is 101 Å². The minimum absolute atomic E-state index is 0.159. The molecule has 0 aliphatic rings. The number of aryl methyl sites for hydroxylation is 1. The summed E-state index contributed by atoms with van der Waals surface area (Å²) in [6.45, 7) is 3.54.